The lowest BCUT2D eigenvalue weighted by molar-refractivity contribution is 0.322. The molecule has 2 N–H and O–H groups in total. The number of hydrogen-bond donors (Lipinski definition) is 1. The molecule has 0 fully saturated rings. The van der Waals surface area contributed by atoms with Crippen LogP contribution < -0.4 is 5.73 Å². The molecule has 19 heavy (non-hydrogen) atoms. The van der Waals surface area contributed by atoms with Crippen LogP contribution in [0.15, 0.2) is 22.7 Å². The Morgan fingerprint density at radius 3 is 2.84 bits per heavy atom. The average molecular weight is 284 g/mol. The summed E-state index contributed by atoms with van der Waals surface area (Å²) in [6.45, 7) is 3.93. The zero-order valence-corrected chi connectivity index (χ0v) is 11.5. The van der Waals surface area contributed by atoms with Gasteiger partial charge in [-0.1, -0.05) is 42.7 Å². The fraction of sp³-hybridized carbons (Fsp3) is 0.385. The second-order valence-corrected chi connectivity index (χ2v) is 5.12. The lowest BCUT2D eigenvalue weighted by Crippen LogP contribution is -2.17. The minimum atomic E-state index is -0.455. The van der Waals surface area contributed by atoms with Crippen LogP contribution in [0.4, 0.5) is 4.39 Å². The summed E-state index contributed by atoms with van der Waals surface area (Å²) < 4.78 is 18.8. The summed E-state index contributed by atoms with van der Waals surface area (Å²) in [5.41, 5.74) is 6.34. The van der Waals surface area contributed by atoms with Crippen molar-refractivity contribution in [2.45, 2.75) is 26.3 Å². The molecule has 2 rings (SSSR count). The van der Waals surface area contributed by atoms with E-state index < -0.39 is 5.82 Å². The number of hydrogen-bond acceptors (Lipinski definition) is 4. The second kappa shape index (κ2) is 5.67. The summed E-state index contributed by atoms with van der Waals surface area (Å²) in [5.74, 6) is 0.500. The second-order valence-electron chi connectivity index (χ2n) is 4.71. The van der Waals surface area contributed by atoms with Crippen molar-refractivity contribution in [2.75, 3.05) is 0 Å². The topological polar surface area (TPSA) is 64.9 Å². The van der Waals surface area contributed by atoms with Gasteiger partial charge < -0.3 is 10.3 Å². The molecule has 0 aliphatic carbocycles. The van der Waals surface area contributed by atoms with Gasteiger partial charge >= 0.3 is 0 Å². The molecule has 1 unspecified atom stereocenters. The summed E-state index contributed by atoms with van der Waals surface area (Å²) in [4.78, 5) is 4.18. The minimum absolute atomic E-state index is 0.0834. The normalized spacial score (nSPS) is 12.9. The summed E-state index contributed by atoms with van der Waals surface area (Å²) in [5, 5.41) is 3.89. The summed E-state index contributed by atoms with van der Waals surface area (Å²) in [6.07, 6.45) is 0.223. The van der Waals surface area contributed by atoms with Crippen LogP contribution in [-0.2, 0) is 6.42 Å². The Labute approximate surface area is 115 Å². The van der Waals surface area contributed by atoms with Gasteiger partial charge in [0.1, 0.15) is 5.82 Å². The van der Waals surface area contributed by atoms with Crippen LogP contribution in [0.3, 0.4) is 0 Å². The first-order valence-electron chi connectivity index (χ1n) is 6.00. The van der Waals surface area contributed by atoms with Crippen LogP contribution in [0.25, 0.3) is 0 Å². The molecule has 6 heteroatoms. The van der Waals surface area contributed by atoms with Crippen molar-refractivity contribution >= 4 is 11.6 Å². The van der Waals surface area contributed by atoms with E-state index in [1.165, 1.54) is 6.07 Å². The molecule has 102 valence electrons. The SMILES string of the molecule is CC(C)C(N)c1nc(Cc2cccc(Cl)c2F)no1. The molecule has 1 aromatic carbocycles. The quantitative estimate of drug-likeness (QED) is 0.936. The highest BCUT2D eigenvalue weighted by molar-refractivity contribution is 6.30. The summed E-state index contributed by atoms with van der Waals surface area (Å²) in [6, 6.07) is 4.50. The molecule has 2 aromatic rings. The van der Waals surface area contributed by atoms with Crippen LogP contribution in [0.1, 0.15) is 37.2 Å². The van der Waals surface area contributed by atoms with E-state index in [9.17, 15) is 4.39 Å². The monoisotopic (exact) mass is 283 g/mol. The minimum Gasteiger partial charge on any atom is -0.338 e. The third-order valence-corrected chi connectivity index (χ3v) is 3.16. The lowest BCUT2D eigenvalue weighted by atomic mass is 10.1. The van der Waals surface area contributed by atoms with Crippen LogP contribution in [0.2, 0.25) is 5.02 Å². The van der Waals surface area contributed by atoms with Crippen molar-refractivity contribution in [3.05, 3.63) is 46.3 Å². The molecule has 4 nitrogen and oxygen atoms in total. The molecule has 0 bridgehead atoms. The molecule has 1 heterocycles. The Kier molecular flexibility index (Phi) is 4.17. The number of aromatic nitrogens is 2. The summed E-state index contributed by atoms with van der Waals surface area (Å²) in [7, 11) is 0. The Balaban J connectivity index is 2.18. The lowest BCUT2D eigenvalue weighted by Gasteiger charge is -2.09. The van der Waals surface area contributed by atoms with Crippen LogP contribution in [0, 0.1) is 11.7 Å². The smallest absolute Gasteiger partial charge is 0.243 e. The van der Waals surface area contributed by atoms with Crippen LogP contribution >= 0.6 is 11.6 Å². The number of nitrogens with zero attached hydrogens (tertiary/aromatic N) is 2. The maximum atomic E-state index is 13.7. The standard InChI is InChI=1S/C13H15ClFN3O/c1-7(2)12(16)13-17-10(18-19-13)6-8-4-3-5-9(14)11(8)15/h3-5,7,12H,6,16H2,1-2H3. The molecule has 0 radical (unpaired) electrons. The Hall–Kier alpha value is -1.46. The van der Waals surface area contributed by atoms with E-state index in [0.29, 0.717) is 17.3 Å². The van der Waals surface area contributed by atoms with E-state index in [1.807, 2.05) is 13.8 Å². The molecular formula is C13H15ClFN3O. The predicted octanol–water partition coefficient (Wildman–Crippen LogP) is 3.11. The van der Waals surface area contributed by atoms with Gasteiger partial charge in [0.05, 0.1) is 11.1 Å². The van der Waals surface area contributed by atoms with E-state index in [-0.39, 0.29) is 23.4 Å². The Morgan fingerprint density at radius 2 is 2.16 bits per heavy atom. The number of halogens is 2. The molecule has 0 amide bonds. The van der Waals surface area contributed by atoms with Gasteiger partial charge in [0.2, 0.25) is 5.89 Å². The van der Waals surface area contributed by atoms with Gasteiger partial charge in [-0.25, -0.2) is 4.39 Å². The van der Waals surface area contributed by atoms with Gasteiger partial charge in [-0.2, -0.15) is 4.98 Å². The Bertz CT molecular complexity index is 571. The van der Waals surface area contributed by atoms with Gasteiger partial charge in [-0.15, -0.1) is 0 Å². The summed E-state index contributed by atoms with van der Waals surface area (Å²) >= 11 is 5.72. The van der Waals surface area contributed by atoms with Gasteiger partial charge in [0, 0.05) is 6.42 Å². The molecule has 1 atom stereocenters. The van der Waals surface area contributed by atoms with E-state index in [4.69, 9.17) is 21.9 Å². The Morgan fingerprint density at radius 1 is 1.42 bits per heavy atom. The zero-order valence-electron chi connectivity index (χ0n) is 10.7. The van der Waals surface area contributed by atoms with Crippen molar-refractivity contribution in [1.82, 2.24) is 10.1 Å². The van der Waals surface area contributed by atoms with E-state index in [0.717, 1.165) is 0 Å². The number of rotatable bonds is 4. The molecule has 0 aliphatic rings. The maximum absolute atomic E-state index is 13.7. The molecule has 0 spiro atoms. The maximum Gasteiger partial charge on any atom is 0.243 e. The van der Waals surface area contributed by atoms with Gasteiger partial charge in [0.25, 0.3) is 0 Å². The fourth-order valence-corrected chi connectivity index (χ4v) is 1.81. The van der Waals surface area contributed by atoms with Crippen LogP contribution in [0.5, 0.6) is 0 Å². The molecule has 0 aliphatic heterocycles. The van der Waals surface area contributed by atoms with E-state index >= 15 is 0 Å². The number of benzene rings is 1. The third-order valence-electron chi connectivity index (χ3n) is 2.87. The van der Waals surface area contributed by atoms with Crippen molar-refractivity contribution in [3.8, 4) is 0 Å². The van der Waals surface area contributed by atoms with Gasteiger partial charge in [-0.05, 0) is 17.5 Å². The van der Waals surface area contributed by atoms with E-state index in [2.05, 4.69) is 10.1 Å². The molecule has 0 saturated carbocycles. The van der Waals surface area contributed by atoms with Crippen molar-refractivity contribution in [1.29, 1.82) is 0 Å². The zero-order chi connectivity index (χ0) is 14.0. The van der Waals surface area contributed by atoms with Gasteiger partial charge in [0.15, 0.2) is 5.82 Å². The van der Waals surface area contributed by atoms with Crippen molar-refractivity contribution in [2.24, 2.45) is 11.7 Å². The average Bonchev–Trinajstić information content (AvgIpc) is 2.82. The highest BCUT2D eigenvalue weighted by Gasteiger charge is 2.18. The van der Waals surface area contributed by atoms with Crippen LogP contribution in [-0.4, -0.2) is 10.1 Å². The molecule has 0 saturated heterocycles. The third kappa shape index (κ3) is 3.11. The fourth-order valence-electron chi connectivity index (χ4n) is 1.62. The molecular weight excluding hydrogens is 269 g/mol. The highest BCUT2D eigenvalue weighted by Crippen LogP contribution is 2.21. The number of nitrogens with two attached hydrogens (primary N) is 1. The first-order valence-corrected chi connectivity index (χ1v) is 6.37. The van der Waals surface area contributed by atoms with Crippen molar-refractivity contribution in [3.63, 3.8) is 0 Å². The van der Waals surface area contributed by atoms with E-state index in [1.54, 1.807) is 12.1 Å². The first-order chi connectivity index (χ1) is 8.99. The largest absolute Gasteiger partial charge is 0.338 e. The van der Waals surface area contributed by atoms with Crippen molar-refractivity contribution < 1.29 is 8.91 Å². The first kappa shape index (κ1) is 14.0. The predicted molar refractivity (Wildman–Crippen MR) is 70.3 cm³/mol. The highest BCUT2D eigenvalue weighted by atomic mass is 35.5. The molecule has 1 aromatic heterocycles. The van der Waals surface area contributed by atoms with Gasteiger partial charge in [-0.3, -0.25) is 0 Å².